The summed E-state index contributed by atoms with van der Waals surface area (Å²) < 4.78 is 10.5. The van der Waals surface area contributed by atoms with Gasteiger partial charge in [0.05, 0.1) is 0 Å². The van der Waals surface area contributed by atoms with Gasteiger partial charge in [-0.05, 0) is 55.2 Å². The summed E-state index contributed by atoms with van der Waals surface area (Å²) in [5, 5.41) is 3.47. The van der Waals surface area contributed by atoms with Gasteiger partial charge < -0.3 is 14.8 Å². The fourth-order valence-corrected chi connectivity index (χ4v) is 2.71. The molecule has 1 N–H and O–H groups in total. The molecule has 1 atom stereocenters. The molecule has 6 heteroatoms. The normalized spacial score (nSPS) is 11.6. The molecule has 0 aliphatic rings. The quantitative estimate of drug-likeness (QED) is 0.679. The first-order valence-corrected chi connectivity index (χ1v) is 9.31. The lowest BCUT2D eigenvalue weighted by atomic mass is 10.0. The Balaban J connectivity index is 1.91. The molecule has 0 spiro atoms. The molecule has 0 unspecified atom stereocenters. The number of rotatable bonds is 8. The zero-order chi connectivity index (χ0) is 19.8. The van der Waals surface area contributed by atoms with Crippen LogP contribution in [0.2, 0.25) is 5.02 Å². The Morgan fingerprint density at radius 1 is 1.04 bits per heavy atom. The van der Waals surface area contributed by atoms with E-state index in [1.807, 2.05) is 32.0 Å². The van der Waals surface area contributed by atoms with Crippen LogP contribution in [0.15, 0.2) is 42.5 Å². The molecule has 0 fully saturated rings. The van der Waals surface area contributed by atoms with Crippen LogP contribution in [-0.2, 0) is 27.2 Å². The van der Waals surface area contributed by atoms with Crippen molar-refractivity contribution >= 4 is 29.2 Å². The fraction of sp³-hybridized carbons (Fsp3) is 0.333. The van der Waals surface area contributed by atoms with E-state index in [1.165, 1.54) is 6.92 Å². The van der Waals surface area contributed by atoms with Crippen molar-refractivity contribution in [3.63, 3.8) is 0 Å². The summed E-state index contributed by atoms with van der Waals surface area (Å²) in [7, 11) is 0. The van der Waals surface area contributed by atoms with Crippen LogP contribution < -0.4 is 10.1 Å². The number of amides is 1. The number of aryl methyl sites for hydroxylation is 2. The van der Waals surface area contributed by atoms with E-state index in [9.17, 15) is 9.59 Å². The summed E-state index contributed by atoms with van der Waals surface area (Å²) >= 11 is 5.80. The van der Waals surface area contributed by atoms with Crippen molar-refractivity contribution in [2.45, 2.75) is 39.7 Å². The number of anilines is 1. The maximum Gasteiger partial charge on any atom is 0.344 e. The van der Waals surface area contributed by atoms with E-state index in [1.54, 1.807) is 24.3 Å². The monoisotopic (exact) mass is 389 g/mol. The lowest BCUT2D eigenvalue weighted by Crippen LogP contribution is -2.32. The van der Waals surface area contributed by atoms with Gasteiger partial charge in [0.25, 0.3) is 5.91 Å². The van der Waals surface area contributed by atoms with Crippen LogP contribution in [0.4, 0.5) is 5.69 Å². The van der Waals surface area contributed by atoms with Crippen LogP contribution in [0, 0.1) is 0 Å². The van der Waals surface area contributed by atoms with Crippen LogP contribution in [0.3, 0.4) is 0 Å². The van der Waals surface area contributed by atoms with E-state index < -0.39 is 12.1 Å². The third-order valence-electron chi connectivity index (χ3n) is 4.09. The summed E-state index contributed by atoms with van der Waals surface area (Å²) in [4.78, 5) is 24.4. The zero-order valence-electron chi connectivity index (χ0n) is 15.8. The molecule has 0 aliphatic carbocycles. The molecule has 0 aromatic heterocycles. The molecule has 0 radical (unpaired) electrons. The summed E-state index contributed by atoms with van der Waals surface area (Å²) in [6, 6.07) is 12.6. The first-order chi connectivity index (χ1) is 12.9. The molecule has 0 aliphatic heterocycles. The summed E-state index contributed by atoms with van der Waals surface area (Å²) in [5.41, 5.74) is 2.90. The molecule has 5 nitrogen and oxygen atoms in total. The highest BCUT2D eigenvalue weighted by Crippen LogP contribution is 2.23. The van der Waals surface area contributed by atoms with E-state index in [0.717, 1.165) is 29.7 Å². The van der Waals surface area contributed by atoms with Gasteiger partial charge in [0.15, 0.2) is 12.7 Å². The van der Waals surface area contributed by atoms with Gasteiger partial charge in [-0.3, -0.25) is 4.79 Å². The van der Waals surface area contributed by atoms with Crippen molar-refractivity contribution in [1.29, 1.82) is 0 Å². The van der Waals surface area contributed by atoms with Crippen LogP contribution in [-0.4, -0.2) is 24.6 Å². The van der Waals surface area contributed by atoms with E-state index in [-0.39, 0.29) is 12.5 Å². The van der Waals surface area contributed by atoms with E-state index >= 15 is 0 Å². The second-order valence-corrected chi connectivity index (χ2v) is 6.46. The number of halogens is 1. The van der Waals surface area contributed by atoms with Crippen molar-refractivity contribution in [3.05, 3.63) is 58.6 Å². The second-order valence-electron chi connectivity index (χ2n) is 6.02. The van der Waals surface area contributed by atoms with Crippen molar-refractivity contribution < 1.29 is 19.1 Å². The van der Waals surface area contributed by atoms with Gasteiger partial charge in [-0.2, -0.15) is 0 Å². The number of esters is 1. The molecule has 144 valence electrons. The fourth-order valence-electron chi connectivity index (χ4n) is 2.59. The molecule has 1 amide bonds. The Bertz CT molecular complexity index is 767. The highest BCUT2D eigenvalue weighted by Gasteiger charge is 2.20. The topological polar surface area (TPSA) is 64.6 Å². The van der Waals surface area contributed by atoms with Gasteiger partial charge in [0.2, 0.25) is 0 Å². The highest BCUT2D eigenvalue weighted by molar-refractivity contribution is 6.30. The van der Waals surface area contributed by atoms with Gasteiger partial charge in [0.1, 0.15) is 5.75 Å². The first-order valence-electron chi connectivity index (χ1n) is 8.94. The molecule has 0 saturated heterocycles. The van der Waals surface area contributed by atoms with Crippen molar-refractivity contribution in [2.75, 3.05) is 11.9 Å². The Labute approximate surface area is 164 Å². The summed E-state index contributed by atoms with van der Waals surface area (Å²) in [5.74, 6) is -0.490. The SMILES string of the molecule is CCc1cccc(CC)c1NC(=O)[C@H](C)OC(=O)COc1ccc(Cl)cc1. The number of carbonyl (C=O) groups is 2. The average molecular weight is 390 g/mol. The van der Waals surface area contributed by atoms with Crippen molar-refractivity contribution in [2.24, 2.45) is 0 Å². The van der Waals surface area contributed by atoms with Crippen LogP contribution >= 0.6 is 11.6 Å². The first kappa shape index (κ1) is 20.8. The minimum Gasteiger partial charge on any atom is -0.482 e. The molecule has 2 aromatic rings. The van der Waals surface area contributed by atoms with Crippen molar-refractivity contribution in [3.8, 4) is 5.75 Å². The third-order valence-corrected chi connectivity index (χ3v) is 4.35. The molecular weight excluding hydrogens is 366 g/mol. The molecule has 27 heavy (non-hydrogen) atoms. The lowest BCUT2D eigenvalue weighted by molar-refractivity contribution is -0.155. The molecule has 0 heterocycles. The minimum absolute atomic E-state index is 0.287. The number of nitrogens with one attached hydrogen (secondary N) is 1. The summed E-state index contributed by atoms with van der Waals surface area (Å²) in [6.07, 6.45) is 0.667. The Hall–Kier alpha value is -2.53. The van der Waals surface area contributed by atoms with Gasteiger partial charge in [-0.25, -0.2) is 4.79 Å². The maximum absolute atomic E-state index is 12.5. The number of ether oxygens (including phenoxy) is 2. The maximum atomic E-state index is 12.5. The molecule has 2 aromatic carbocycles. The number of benzene rings is 2. The smallest absolute Gasteiger partial charge is 0.344 e. The van der Waals surface area contributed by atoms with Gasteiger partial charge in [-0.15, -0.1) is 0 Å². The largest absolute Gasteiger partial charge is 0.482 e. The predicted octanol–water partition coefficient (Wildman–Crippen LogP) is 4.41. The van der Waals surface area contributed by atoms with E-state index in [4.69, 9.17) is 21.1 Å². The molecule has 0 saturated carbocycles. The minimum atomic E-state index is -0.930. The summed E-state index contributed by atoms with van der Waals surface area (Å²) in [6.45, 7) is 5.31. The van der Waals surface area contributed by atoms with Crippen LogP contribution in [0.5, 0.6) is 5.75 Å². The van der Waals surface area contributed by atoms with E-state index in [0.29, 0.717) is 10.8 Å². The number of carbonyl (C=O) groups excluding carboxylic acids is 2. The molecule has 0 bridgehead atoms. The second kappa shape index (κ2) is 9.97. The Morgan fingerprint density at radius 2 is 1.63 bits per heavy atom. The van der Waals surface area contributed by atoms with Crippen LogP contribution in [0.1, 0.15) is 31.9 Å². The standard InChI is InChI=1S/C21H24ClNO4/c1-4-15-7-6-8-16(5-2)20(15)23-21(25)14(3)27-19(24)13-26-18-11-9-17(22)10-12-18/h6-12,14H,4-5,13H2,1-3H3,(H,23,25)/t14-/m0/s1. The number of hydrogen-bond acceptors (Lipinski definition) is 4. The predicted molar refractivity (Wildman–Crippen MR) is 106 cm³/mol. The highest BCUT2D eigenvalue weighted by atomic mass is 35.5. The van der Waals surface area contributed by atoms with Crippen LogP contribution in [0.25, 0.3) is 0 Å². The van der Waals surface area contributed by atoms with Gasteiger partial charge in [0, 0.05) is 10.7 Å². The zero-order valence-corrected chi connectivity index (χ0v) is 16.5. The van der Waals surface area contributed by atoms with Crippen molar-refractivity contribution in [1.82, 2.24) is 0 Å². The lowest BCUT2D eigenvalue weighted by Gasteiger charge is -2.18. The van der Waals surface area contributed by atoms with E-state index in [2.05, 4.69) is 5.32 Å². The number of hydrogen-bond donors (Lipinski definition) is 1. The third kappa shape index (κ3) is 6.00. The van der Waals surface area contributed by atoms with Gasteiger partial charge >= 0.3 is 5.97 Å². The molecular formula is C21H24ClNO4. The number of para-hydroxylation sites is 1. The average Bonchev–Trinajstić information content (AvgIpc) is 2.67. The Kier molecular flexibility index (Phi) is 7.67. The molecule has 2 rings (SSSR count). The van der Waals surface area contributed by atoms with Gasteiger partial charge in [-0.1, -0.05) is 43.6 Å². The Morgan fingerprint density at radius 3 is 2.19 bits per heavy atom.